The van der Waals surface area contributed by atoms with E-state index in [0.29, 0.717) is 17.9 Å². The van der Waals surface area contributed by atoms with Gasteiger partial charge < -0.3 is 4.90 Å². The monoisotopic (exact) mass is 385 g/mol. The molecule has 0 radical (unpaired) electrons. The van der Waals surface area contributed by atoms with E-state index in [1.54, 1.807) is 23.9 Å². The van der Waals surface area contributed by atoms with Gasteiger partial charge in [0.25, 0.3) is 5.69 Å². The average molecular weight is 386 g/mol. The molecule has 5 nitrogen and oxygen atoms in total. The number of aryl methyl sites for hydroxylation is 1. The highest BCUT2D eigenvalue weighted by atomic mass is 35.5. The number of hydrogen-bond donors (Lipinski definition) is 0. The minimum absolute atomic E-state index is 0. The van der Waals surface area contributed by atoms with E-state index in [4.69, 9.17) is 4.99 Å². The van der Waals surface area contributed by atoms with E-state index < -0.39 is 0 Å². The Morgan fingerprint density at radius 3 is 2.52 bits per heavy atom. The molecule has 0 aromatic heterocycles. The van der Waals surface area contributed by atoms with Crippen molar-refractivity contribution in [3.8, 4) is 0 Å². The van der Waals surface area contributed by atoms with E-state index in [-0.39, 0.29) is 23.0 Å². The van der Waals surface area contributed by atoms with Crippen molar-refractivity contribution >= 4 is 40.7 Å². The Morgan fingerprint density at radius 1 is 1.32 bits per heavy atom. The molecule has 0 saturated carbocycles. The molecule has 1 aromatic rings. The summed E-state index contributed by atoms with van der Waals surface area (Å²) in [4.78, 5) is 17.8. The number of thioether (sulfide) groups is 1. The molecule has 0 unspecified atom stereocenters. The minimum atomic E-state index is -0.363. The van der Waals surface area contributed by atoms with Crippen molar-refractivity contribution in [1.82, 2.24) is 4.90 Å². The summed E-state index contributed by atoms with van der Waals surface area (Å²) in [5, 5.41) is 11.9. The summed E-state index contributed by atoms with van der Waals surface area (Å²) in [6, 6.07) is 5.40. The summed E-state index contributed by atoms with van der Waals surface area (Å²) in [5.74, 6) is 2.29. The number of benzene rings is 1. The maximum Gasteiger partial charge on any atom is 0.269 e. The van der Waals surface area contributed by atoms with Gasteiger partial charge >= 0.3 is 0 Å². The molecular formula is C18H28ClN3O2S. The fraction of sp³-hybridized carbons (Fsp3) is 0.611. The molecular weight excluding hydrogens is 358 g/mol. The number of non-ortho nitro benzene ring substituents is 1. The molecule has 1 aliphatic rings. The predicted octanol–water partition coefficient (Wildman–Crippen LogP) is 5.43. The maximum atomic E-state index is 10.9. The van der Waals surface area contributed by atoms with Gasteiger partial charge in [-0.3, -0.25) is 10.1 Å². The highest BCUT2D eigenvalue weighted by Gasteiger charge is 2.31. The van der Waals surface area contributed by atoms with Gasteiger partial charge in [0, 0.05) is 30.5 Å². The molecule has 0 bridgehead atoms. The lowest BCUT2D eigenvalue weighted by molar-refractivity contribution is -0.384. The summed E-state index contributed by atoms with van der Waals surface area (Å²) in [6.07, 6.45) is 1.16. The summed E-state index contributed by atoms with van der Waals surface area (Å²) >= 11 is 1.80. The van der Waals surface area contributed by atoms with Gasteiger partial charge in [0.1, 0.15) is 0 Å². The SMILES string of the molecule is Cc1cc([N+](=O)[O-])ccc1N=C1SC[C@@H](CC(C)C)N1CC(C)C.Cl. The van der Waals surface area contributed by atoms with Crippen LogP contribution in [0.15, 0.2) is 23.2 Å². The standard InChI is InChI=1S/C18H27N3O2S.ClH/c1-12(2)8-16-11-24-18(20(16)10-13(3)4)19-17-7-6-15(21(22)23)9-14(17)5;/h6-7,9,12-13,16H,8,10-11H2,1-5H3;1H/t16-;/m1./s1. The first-order valence-corrected chi connectivity index (χ1v) is 9.49. The quantitative estimate of drug-likeness (QED) is 0.483. The van der Waals surface area contributed by atoms with Crippen LogP contribution < -0.4 is 0 Å². The molecule has 1 saturated heterocycles. The van der Waals surface area contributed by atoms with Crippen LogP contribution in [0, 0.1) is 28.9 Å². The lowest BCUT2D eigenvalue weighted by atomic mass is 10.0. The van der Waals surface area contributed by atoms with Crippen molar-refractivity contribution in [2.24, 2.45) is 16.8 Å². The van der Waals surface area contributed by atoms with Crippen molar-refractivity contribution in [1.29, 1.82) is 0 Å². The number of nitro benzene ring substituents is 1. The summed E-state index contributed by atoms with van der Waals surface area (Å²) in [5.41, 5.74) is 1.78. The second-order valence-corrected chi connectivity index (χ2v) is 8.25. The first kappa shape index (κ1) is 21.8. The van der Waals surface area contributed by atoms with Gasteiger partial charge in [0.05, 0.1) is 10.6 Å². The Morgan fingerprint density at radius 2 is 2.00 bits per heavy atom. The number of hydrogen-bond acceptors (Lipinski definition) is 4. The van der Waals surface area contributed by atoms with Crippen LogP contribution in [-0.4, -0.2) is 33.3 Å². The van der Waals surface area contributed by atoms with Crippen molar-refractivity contribution < 1.29 is 4.92 Å². The number of nitro groups is 1. The normalized spacial score (nSPS) is 18.9. The van der Waals surface area contributed by atoms with E-state index in [2.05, 4.69) is 32.6 Å². The molecule has 7 heteroatoms. The third-order valence-corrected chi connectivity index (χ3v) is 5.14. The van der Waals surface area contributed by atoms with Crippen LogP contribution in [0.3, 0.4) is 0 Å². The summed E-state index contributed by atoms with van der Waals surface area (Å²) in [7, 11) is 0. The van der Waals surface area contributed by atoms with Crippen LogP contribution in [-0.2, 0) is 0 Å². The fourth-order valence-corrected chi connectivity index (χ4v) is 4.15. The van der Waals surface area contributed by atoms with Crippen LogP contribution in [0.5, 0.6) is 0 Å². The number of aliphatic imine (C=N–C) groups is 1. The zero-order valence-electron chi connectivity index (χ0n) is 15.6. The second kappa shape index (κ2) is 9.43. The number of rotatable bonds is 6. The Bertz CT molecular complexity index is 635. The van der Waals surface area contributed by atoms with Crippen LogP contribution in [0.4, 0.5) is 11.4 Å². The summed E-state index contributed by atoms with van der Waals surface area (Å²) < 4.78 is 0. The lowest BCUT2D eigenvalue weighted by Crippen LogP contribution is -2.37. The van der Waals surface area contributed by atoms with Gasteiger partial charge in [0.15, 0.2) is 5.17 Å². The van der Waals surface area contributed by atoms with Crippen molar-refractivity contribution in [2.75, 3.05) is 12.3 Å². The van der Waals surface area contributed by atoms with E-state index >= 15 is 0 Å². The molecule has 2 rings (SSSR count). The Kier molecular flexibility index (Phi) is 8.22. The topological polar surface area (TPSA) is 58.7 Å². The van der Waals surface area contributed by atoms with Gasteiger partial charge in [-0.1, -0.05) is 39.5 Å². The van der Waals surface area contributed by atoms with Crippen LogP contribution >= 0.6 is 24.2 Å². The van der Waals surface area contributed by atoms with E-state index in [1.165, 1.54) is 6.07 Å². The molecule has 0 aliphatic carbocycles. The van der Waals surface area contributed by atoms with Crippen LogP contribution in [0.25, 0.3) is 0 Å². The molecule has 25 heavy (non-hydrogen) atoms. The van der Waals surface area contributed by atoms with E-state index in [0.717, 1.165) is 35.1 Å². The molecule has 0 amide bonds. The lowest BCUT2D eigenvalue weighted by Gasteiger charge is -2.28. The van der Waals surface area contributed by atoms with E-state index in [1.807, 2.05) is 6.92 Å². The average Bonchev–Trinajstić information content (AvgIpc) is 2.82. The largest absolute Gasteiger partial charge is 0.347 e. The molecule has 140 valence electrons. The molecule has 1 heterocycles. The number of nitrogens with zero attached hydrogens (tertiary/aromatic N) is 3. The van der Waals surface area contributed by atoms with Crippen LogP contribution in [0.2, 0.25) is 0 Å². The maximum absolute atomic E-state index is 10.9. The molecule has 1 fully saturated rings. The third-order valence-electron chi connectivity index (χ3n) is 4.00. The van der Waals surface area contributed by atoms with Crippen molar-refractivity contribution in [3.05, 3.63) is 33.9 Å². The van der Waals surface area contributed by atoms with Crippen molar-refractivity contribution in [2.45, 2.75) is 47.1 Å². The minimum Gasteiger partial charge on any atom is -0.347 e. The molecule has 0 N–H and O–H groups in total. The Hall–Kier alpha value is -1.27. The van der Waals surface area contributed by atoms with E-state index in [9.17, 15) is 10.1 Å². The van der Waals surface area contributed by atoms with Crippen LogP contribution in [0.1, 0.15) is 39.7 Å². The molecule has 1 aliphatic heterocycles. The number of amidine groups is 1. The highest BCUT2D eigenvalue weighted by Crippen LogP contribution is 2.32. The predicted molar refractivity (Wildman–Crippen MR) is 109 cm³/mol. The number of halogens is 1. The summed E-state index contributed by atoms with van der Waals surface area (Å²) in [6.45, 7) is 11.8. The smallest absolute Gasteiger partial charge is 0.269 e. The van der Waals surface area contributed by atoms with Gasteiger partial charge in [-0.15, -0.1) is 12.4 Å². The Labute approximate surface area is 160 Å². The second-order valence-electron chi connectivity index (χ2n) is 7.26. The fourth-order valence-electron chi connectivity index (χ4n) is 2.94. The molecule has 1 aromatic carbocycles. The molecule has 1 atom stereocenters. The van der Waals surface area contributed by atoms with Gasteiger partial charge in [-0.2, -0.15) is 0 Å². The Balaban J connectivity index is 0.00000312. The molecule has 0 spiro atoms. The van der Waals surface area contributed by atoms with Gasteiger partial charge in [-0.25, -0.2) is 4.99 Å². The van der Waals surface area contributed by atoms with Crippen molar-refractivity contribution in [3.63, 3.8) is 0 Å². The van der Waals surface area contributed by atoms with Gasteiger partial charge in [0.2, 0.25) is 0 Å². The third kappa shape index (κ3) is 5.89. The zero-order chi connectivity index (χ0) is 17.9. The zero-order valence-corrected chi connectivity index (χ0v) is 17.2. The highest BCUT2D eigenvalue weighted by molar-refractivity contribution is 8.14. The first-order chi connectivity index (χ1) is 11.3. The van der Waals surface area contributed by atoms with Gasteiger partial charge in [-0.05, 0) is 36.8 Å². The first-order valence-electron chi connectivity index (χ1n) is 8.51.